The van der Waals surface area contributed by atoms with Crippen LogP contribution in [-0.2, 0) is 11.2 Å². The minimum atomic E-state index is -0.324. The van der Waals surface area contributed by atoms with Gasteiger partial charge >= 0.3 is 0 Å². The zero-order chi connectivity index (χ0) is 16.7. The van der Waals surface area contributed by atoms with Gasteiger partial charge in [0.2, 0.25) is 5.91 Å². The van der Waals surface area contributed by atoms with E-state index in [2.05, 4.69) is 10.6 Å². The van der Waals surface area contributed by atoms with Gasteiger partial charge in [-0.2, -0.15) is 0 Å². The molecule has 0 saturated carbocycles. The van der Waals surface area contributed by atoms with Gasteiger partial charge in [-0.25, -0.2) is 0 Å². The molecule has 6 heteroatoms. The Morgan fingerprint density at radius 3 is 2.35 bits per heavy atom. The maximum absolute atomic E-state index is 12.0. The molecule has 0 radical (unpaired) electrons. The predicted molar refractivity (Wildman–Crippen MR) is 92.0 cm³/mol. The van der Waals surface area contributed by atoms with Crippen molar-refractivity contribution in [1.29, 1.82) is 0 Å². The molecule has 2 aromatic carbocycles. The summed E-state index contributed by atoms with van der Waals surface area (Å²) in [5.41, 5.74) is 1.26. The van der Waals surface area contributed by atoms with Crippen molar-refractivity contribution < 1.29 is 9.59 Å². The largest absolute Gasteiger partial charge is 0.354 e. The van der Waals surface area contributed by atoms with Gasteiger partial charge in [-0.1, -0.05) is 53.5 Å². The molecule has 0 atom stereocenters. The van der Waals surface area contributed by atoms with Crippen LogP contribution in [0.1, 0.15) is 15.9 Å². The number of benzene rings is 2. The number of halogens is 2. The summed E-state index contributed by atoms with van der Waals surface area (Å²) in [7, 11) is 0. The van der Waals surface area contributed by atoms with Crippen LogP contribution in [0.5, 0.6) is 0 Å². The van der Waals surface area contributed by atoms with Gasteiger partial charge in [-0.15, -0.1) is 0 Å². The fraction of sp³-hybridized carbons (Fsp3) is 0.176. The summed E-state index contributed by atoms with van der Waals surface area (Å²) in [5, 5.41) is 6.21. The van der Waals surface area contributed by atoms with Crippen LogP contribution >= 0.6 is 23.2 Å². The summed E-state index contributed by atoms with van der Waals surface area (Å²) in [4.78, 5) is 23.8. The van der Waals surface area contributed by atoms with Crippen molar-refractivity contribution in [3.63, 3.8) is 0 Å². The number of carbonyl (C=O) groups excluding carboxylic acids is 2. The Kier molecular flexibility index (Phi) is 6.44. The van der Waals surface area contributed by atoms with E-state index in [1.165, 1.54) is 6.07 Å². The van der Waals surface area contributed by atoms with Gasteiger partial charge in [0.25, 0.3) is 5.91 Å². The quantitative estimate of drug-likeness (QED) is 0.786. The highest BCUT2D eigenvalue weighted by Gasteiger charge is 2.10. The highest BCUT2D eigenvalue weighted by molar-refractivity contribution is 6.35. The lowest BCUT2D eigenvalue weighted by atomic mass is 10.1. The second kappa shape index (κ2) is 8.56. The topological polar surface area (TPSA) is 58.2 Å². The molecule has 120 valence electrons. The Labute approximate surface area is 144 Å². The monoisotopic (exact) mass is 350 g/mol. The zero-order valence-electron chi connectivity index (χ0n) is 12.3. The number of rotatable bonds is 6. The molecule has 0 aliphatic heterocycles. The third-order valence-corrected chi connectivity index (χ3v) is 3.68. The van der Waals surface area contributed by atoms with Crippen LogP contribution in [0.2, 0.25) is 10.0 Å². The SMILES string of the molecule is O=C(Cc1ccccc1)NCCNC(=O)c1cc(Cl)ccc1Cl. The van der Waals surface area contributed by atoms with Crippen molar-refractivity contribution in [2.75, 3.05) is 13.1 Å². The lowest BCUT2D eigenvalue weighted by Gasteiger charge is -2.08. The maximum Gasteiger partial charge on any atom is 0.252 e. The molecular formula is C17H16Cl2N2O2. The van der Waals surface area contributed by atoms with E-state index in [0.717, 1.165) is 5.56 Å². The normalized spacial score (nSPS) is 10.2. The van der Waals surface area contributed by atoms with Gasteiger partial charge in [0.05, 0.1) is 17.0 Å². The van der Waals surface area contributed by atoms with Crippen LogP contribution in [0, 0.1) is 0 Å². The summed E-state index contributed by atoms with van der Waals surface area (Å²) in [6.45, 7) is 0.651. The van der Waals surface area contributed by atoms with Gasteiger partial charge in [0, 0.05) is 18.1 Å². The number of nitrogens with one attached hydrogen (secondary N) is 2. The molecule has 2 aromatic rings. The first kappa shape index (κ1) is 17.3. The van der Waals surface area contributed by atoms with Crippen molar-refractivity contribution in [2.45, 2.75) is 6.42 Å². The van der Waals surface area contributed by atoms with Crippen molar-refractivity contribution >= 4 is 35.0 Å². The van der Waals surface area contributed by atoms with Gasteiger partial charge in [0.1, 0.15) is 0 Å². The van der Waals surface area contributed by atoms with Gasteiger partial charge in [0.15, 0.2) is 0 Å². The number of amides is 2. The van der Waals surface area contributed by atoms with Crippen LogP contribution in [0.3, 0.4) is 0 Å². The minimum Gasteiger partial charge on any atom is -0.354 e. The predicted octanol–water partition coefficient (Wildman–Crippen LogP) is 3.08. The first-order valence-corrected chi connectivity index (χ1v) is 7.86. The fourth-order valence-corrected chi connectivity index (χ4v) is 2.36. The average molecular weight is 351 g/mol. The zero-order valence-corrected chi connectivity index (χ0v) is 13.8. The molecule has 0 aromatic heterocycles. The molecule has 2 amide bonds. The molecule has 23 heavy (non-hydrogen) atoms. The second-order valence-corrected chi connectivity index (χ2v) is 5.74. The third-order valence-electron chi connectivity index (χ3n) is 3.11. The molecule has 0 aliphatic rings. The Morgan fingerprint density at radius 2 is 1.61 bits per heavy atom. The molecule has 0 fully saturated rings. The van der Waals surface area contributed by atoms with E-state index in [9.17, 15) is 9.59 Å². The molecule has 0 bridgehead atoms. The Hall–Kier alpha value is -2.04. The molecule has 0 heterocycles. The first-order valence-electron chi connectivity index (χ1n) is 7.10. The van der Waals surface area contributed by atoms with E-state index < -0.39 is 0 Å². The fourth-order valence-electron chi connectivity index (χ4n) is 1.99. The molecule has 0 unspecified atom stereocenters. The molecule has 2 rings (SSSR count). The van der Waals surface area contributed by atoms with Crippen molar-refractivity contribution in [2.24, 2.45) is 0 Å². The average Bonchev–Trinajstić information content (AvgIpc) is 2.54. The molecule has 0 spiro atoms. The smallest absolute Gasteiger partial charge is 0.252 e. The van der Waals surface area contributed by atoms with Crippen LogP contribution < -0.4 is 10.6 Å². The van der Waals surface area contributed by atoms with Crippen LogP contribution in [0.15, 0.2) is 48.5 Å². The highest BCUT2D eigenvalue weighted by atomic mass is 35.5. The molecular weight excluding hydrogens is 335 g/mol. The Balaban J connectivity index is 1.73. The van der Waals surface area contributed by atoms with Gasteiger partial charge < -0.3 is 10.6 Å². The lowest BCUT2D eigenvalue weighted by molar-refractivity contribution is -0.120. The number of hydrogen-bond donors (Lipinski definition) is 2. The third kappa shape index (κ3) is 5.58. The summed E-state index contributed by atoms with van der Waals surface area (Å²) in [6.07, 6.45) is 0.314. The second-order valence-electron chi connectivity index (χ2n) is 4.89. The summed E-state index contributed by atoms with van der Waals surface area (Å²) in [5.74, 6) is -0.416. The molecule has 4 nitrogen and oxygen atoms in total. The van der Waals surface area contributed by atoms with Crippen molar-refractivity contribution in [3.8, 4) is 0 Å². The van der Waals surface area contributed by atoms with E-state index in [4.69, 9.17) is 23.2 Å². The summed E-state index contributed by atoms with van der Waals surface area (Å²) < 4.78 is 0. The first-order chi connectivity index (χ1) is 11.1. The molecule has 0 saturated heterocycles. The van der Waals surface area contributed by atoms with E-state index >= 15 is 0 Å². The van der Waals surface area contributed by atoms with Crippen LogP contribution in [-0.4, -0.2) is 24.9 Å². The molecule has 0 aliphatic carbocycles. The van der Waals surface area contributed by atoms with Crippen LogP contribution in [0.25, 0.3) is 0 Å². The maximum atomic E-state index is 12.0. The standard InChI is InChI=1S/C17H16Cl2N2O2/c18-13-6-7-15(19)14(11-13)17(23)21-9-8-20-16(22)10-12-4-2-1-3-5-12/h1-7,11H,8-10H2,(H,20,22)(H,21,23). The van der Waals surface area contributed by atoms with Crippen molar-refractivity contribution in [3.05, 3.63) is 69.7 Å². The lowest BCUT2D eigenvalue weighted by Crippen LogP contribution is -2.35. The molecule has 2 N–H and O–H groups in total. The Morgan fingerprint density at radius 1 is 0.913 bits per heavy atom. The Bertz CT molecular complexity index is 690. The van der Waals surface area contributed by atoms with E-state index in [1.807, 2.05) is 30.3 Å². The minimum absolute atomic E-state index is 0.0914. The van der Waals surface area contributed by atoms with E-state index in [0.29, 0.717) is 35.1 Å². The van der Waals surface area contributed by atoms with Gasteiger partial charge in [-0.05, 0) is 23.8 Å². The summed E-state index contributed by atoms with van der Waals surface area (Å²) in [6, 6.07) is 14.1. The van der Waals surface area contributed by atoms with E-state index in [-0.39, 0.29) is 11.8 Å². The van der Waals surface area contributed by atoms with Gasteiger partial charge in [-0.3, -0.25) is 9.59 Å². The van der Waals surface area contributed by atoms with Crippen LogP contribution in [0.4, 0.5) is 0 Å². The van der Waals surface area contributed by atoms with E-state index in [1.54, 1.807) is 12.1 Å². The highest BCUT2D eigenvalue weighted by Crippen LogP contribution is 2.20. The number of carbonyl (C=O) groups is 2. The van der Waals surface area contributed by atoms with Crippen molar-refractivity contribution in [1.82, 2.24) is 10.6 Å². The number of hydrogen-bond acceptors (Lipinski definition) is 2. The summed E-state index contributed by atoms with van der Waals surface area (Å²) >= 11 is 11.8.